The van der Waals surface area contributed by atoms with Crippen LogP contribution in [0.3, 0.4) is 0 Å². The maximum absolute atomic E-state index is 5.62. The van der Waals surface area contributed by atoms with Crippen molar-refractivity contribution in [2.75, 3.05) is 6.61 Å². The van der Waals surface area contributed by atoms with Gasteiger partial charge in [0.15, 0.2) is 0 Å². The van der Waals surface area contributed by atoms with Gasteiger partial charge in [-0.15, -0.1) is 10.2 Å². The topological polar surface area (TPSA) is 47.0 Å². The van der Waals surface area contributed by atoms with E-state index in [0.29, 0.717) is 17.2 Å². The molecule has 4 nitrogen and oxygen atoms in total. The predicted molar refractivity (Wildman–Crippen MR) is 71.5 cm³/mol. The Labute approximate surface area is 108 Å². The molecule has 0 aliphatic rings. The highest BCUT2D eigenvalue weighted by Gasteiger charge is 2.07. The zero-order valence-corrected chi connectivity index (χ0v) is 12.0. The Morgan fingerprint density at radius 1 is 1.29 bits per heavy atom. The summed E-state index contributed by atoms with van der Waals surface area (Å²) in [7, 11) is 0. The number of nitrogens with one attached hydrogen (secondary N) is 1. The Morgan fingerprint density at radius 3 is 2.71 bits per heavy atom. The predicted octanol–water partition coefficient (Wildman–Crippen LogP) is 2.85. The summed E-state index contributed by atoms with van der Waals surface area (Å²) in [5.41, 5.74) is 0. The van der Waals surface area contributed by atoms with Crippen LogP contribution in [0, 0.1) is 5.92 Å². The minimum atomic E-state index is 0.466. The molecular weight excluding hydrogens is 234 g/mol. The summed E-state index contributed by atoms with van der Waals surface area (Å²) in [4.78, 5) is 0. The van der Waals surface area contributed by atoms with Gasteiger partial charge >= 0.3 is 0 Å². The van der Waals surface area contributed by atoms with Gasteiger partial charge in [0.1, 0.15) is 5.01 Å². The van der Waals surface area contributed by atoms with E-state index in [9.17, 15) is 0 Å². The van der Waals surface area contributed by atoms with Crippen LogP contribution in [-0.4, -0.2) is 22.8 Å². The second-order valence-corrected chi connectivity index (χ2v) is 5.73. The van der Waals surface area contributed by atoms with Crippen molar-refractivity contribution in [3.8, 4) is 5.19 Å². The number of hydrogen-bond acceptors (Lipinski definition) is 5. The molecule has 0 radical (unpaired) electrons. The van der Waals surface area contributed by atoms with Gasteiger partial charge in [-0.3, -0.25) is 0 Å². The van der Waals surface area contributed by atoms with Crippen LogP contribution in [0.1, 0.15) is 45.5 Å². The highest BCUT2D eigenvalue weighted by Crippen LogP contribution is 2.19. The van der Waals surface area contributed by atoms with Crippen LogP contribution in [0.15, 0.2) is 0 Å². The van der Waals surface area contributed by atoms with Gasteiger partial charge in [-0.25, -0.2) is 0 Å². The minimum absolute atomic E-state index is 0.466. The Hall–Kier alpha value is -0.680. The van der Waals surface area contributed by atoms with E-state index in [1.54, 1.807) is 0 Å². The Kier molecular flexibility index (Phi) is 6.44. The zero-order valence-electron chi connectivity index (χ0n) is 11.2. The van der Waals surface area contributed by atoms with Crippen LogP contribution in [-0.2, 0) is 6.54 Å². The first-order valence-corrected chi connectivity index (χ1v) is 7.12. The molecule has 0 bridgehead atoms. The van der Waals surface area contributed by atoms with E-state index >= 15 is 0 Å². The van der Waals surface area contributed by atoms with Crippen molar-refractivity contribution in [3.05, 3.63) is 5.01 Å². The molecule has 1 aromatic rings. The van der Waals surface area contributed by atoms with Crippen LogP contribution in [0.5, 0.6) is 5.19 Å². The quantitative estimate of drug-likeness (QED) is 0.778. The standard InChI is InChI=1S/C12H23N3OS/c1-5-6-10(4)8-16-12-15-14-11(17-12)7-13-9(2)3/h9-10,13H,5-8H2,1-4H3. The van der Waals surface area contributed by atoms with Crippen LogP contribution >= 0.6 is 11.3 Å². The smallest absolute Gasteiger partial charge is 0.294 e. The summed E-state index contributed by atoms with van der Waals surface area (Å²) in [6.45, 7) is 10.1. The molecule has 1 atom stereocenters. The molecule has 0 saturated heterocycles. The normalized spacial score (nSPS) is 13.0. The van der Waals surface area contributed by atoms with Gasteiger partial charge in [0, 0.05) is 6.04 Å². The molecule has 5 heteroatoms. The van der Waals surface area contributed by atoms with Crippen molar-refractivity contribution in [2.45, 2.75) is 53.1 Å². The third kappa shape index (κ3) is 5.98. The molecule has 0 aromatic carbocycles. The first kappa shape index (κ1) is 14.4. The van der Waals surface area contributed by atoms with Crippen molar-refractivity contribution >= 4 is 11.3 Å². The third-order valence-electron chi connectivity index (χ3n) is 2.38. The molecule has 0 aliphatic carbocycles. The van der Waals surface area contributed by atoms with Gasteiger partial charge in [0.2, 0.25) is 0 Å². The Bertz CT molecular complexity index is 314. The number of nitrogens with zero attached hydrogens (tertiary/aromatic N) is 2. The van der Waals surface area contributed by atoms with Gasteiger partial charge in [-0.2, -0.15) is 0 Å². The van der Waals surface area contributed by atoms with E-state index in [1.807, 2.05) is 0 Å². The van der Waals surface area contributed by atoms with Gasteiger partial charge in [-0.05, 0) is 12.3 Å². The second-order valence-electron chi connectivity index (χ2n) is 4.70. The van der Waals surface area contributed by atoms with Crippen LogP contribution in [0.2, 0.25) is 0 Å². The fraction of sp³-hybridized carbons (Fsp3) is 0.833. The molecule has 1 rings (SSSR count). The molecule has 1 unspecified atom stereocenters. The second kappa shape index (κ2) is 7.61. The SMILES string of the molecule is CCCC(C)COc1nnc(CNC(C)C)s1. The summed E-state index contributed by atoms with van der Waals surface area (Å²) in [5, 5.41) is 13.1. The van der Waals surface area contributed by atoms with E-state index in [4.69, 9.17) is 4.74 Å². The summed E-state index contributed by atoms with van der Waals surface area (Å²) in [5.74, 6) is 0.584. The maximum atomic E-state index is 5.62. The molecule has 0 aliphatic heterocycles. The number of ether oxygens (including phenoxy) is 1. The molecule has 17 heavy (non-hydrogen) atoms. The lowest BCUT2D eigenvalue weighted by Gasteiger charge is -2.08. The lowest BCUT2D eigenvalue weighted by atomic mass is 10.1. The average molecular weight is 257 g/mol. The highest BCUT2D eigenvalue weighted by molar-refractivity contribution is 7.13. The van der Waals surface area contributed by atoms with E-state index in [0.717, 1.165) is 18.2 Å². The maximum Gasteiger partial charge on any atom is 0.294 e. The summed E-state index contributed by atoms with van der Waals surface area (Å²) in [6.07, 6.45) is 2.39. The van der Waals surface area contributed by atoms with Gasteiger partial charge in [0.05, 0.1) is 13.2 Å². The van der Waals surface area contributed by atoms with Crippen molar-refractivity contribution in [1.29, 1.82) is 0 Å². The van der Waals surface area contributed by atoms with Crippen molar-refractivity contribution in [1.82, 2.24) is 15.5 Å². The summed E-state index contributed by atoms with van der Waals surface area (Å²) < 4.78 is 5.62. The molecule has 0 spiro atoms. The van der Waals surface area contributed by atoms with Crippen molar-refractivity contribution < 1.29 is 4.74 Å². The van der Waals surface area contributed by atoms with E-state index in [-0.39, 0.29) is 0 Å². The van der Waals surface area contributed by atoms with E-state index in [1.165, 1.54) is 24.2 Å². The number of rotatable bonds is 8. The zero-order chi connectivity index (χ0) is 12.7. The first-order valence-electron chi connectivity index (χ1n) is 6.30. The molecule has 1 N–H and O–H groups in total. The van der Waals surface area contributed by atoms with Gasteiger partial charge < -0.3 is 10.1 Å². The lowest BCUT2D eigenvalue weighted by molar-refractivity contribution is 0.249. The van der Waals surface area contributed by atoms with E-state index in [2.05, 4.69) is 43.2 Å². The lowest BCUT2D eigenvalue weighted by Crippen LogP contribution is -2.21. The summed E-state index contributed by atoms with van der Waals surface area (Å²) >= 11 is 1.53. The molecule has 1 aromatic heterocycles. The number of aromatic nitrogens is 2. The molecule has 0 saturated carbocycles. The fourth-order valence-electron chi connectivity index (χ4n) is 1.45. The average Bonchev–Trinajstić information content (AvgIpc) is 2.72. The molecule has 0 amide bonds. The number of hydrogen-bond donors (Lipinski definition) is 1. The molecule has 0 fully saturated rings. The molecule has 98 valence electrons. The van der Waals surface area contributed by atoms with Crippen LogP contribution < -0.4 is 10.1 Å². The van der Waals surface area contributed by atoms with Gasteiger partial charge in [0.25, 0.3) is 5.19 Å². The first-order chi connectivity index (χ1) is 8.11. The monoisotopic (exact) mass is 257 g/mol. The molecular formula is C12H23N3OS. The summed E-state index contributed by atoms with van der Waals surface area (Å²) in [6, 6.07) is 0.466. The van der Waals surface area contributed by atoms with Crippen LogP contribution in [0.4, 0.5) is 0 Å². The highest BCUT2D eigenvalue weighted by atomic mass is 32.1. The van der Waals surface area contributed by atoms with Crippen molar-refractivity contribution in [2.24, 2.45) is 5.92 Å². The van der Waals surface area contributed by atoms with Gasteiger partial charge in [-0.1, -0.05) is 45.5 Å². The Morgan fingerprint density at radius 2 is 2.06 bits per heavy atom. The minimum Gasteiger partial charge on any atom is -0.469 e. The van der Waals surface area contributed by atoms with E-state index < -0.39 is 0 Å². The Balaban J connectivity index is 2.30. The fourth-order valence-corrected chi connectivity index (χ4v) is 2.10. The molecule has 1 heterocycles. The largest absolute Gasteiger partial charge is 0.469 e. The van der Waals surface area contributed by atoms with Crippen LogP contribution in [0.25, 0.3) is 0 Å². The third-order valence-corrected chi connectivity index (χ3v) is 3.22. The van der Waals surface area contributed by atoms with Crippen molar-refractivity contribution in [3.63, 3.8) is 0 Å².